The number of methoxy groups -OCH3 is 1. The van der Waals surface area contributed by atoms with Crippen molar-refractivity contribution in [1.82, 2.24) is 15.1 Å². The molecule has 12 heteroatoms. The number of nitriles is 1. The fraction of sp³-hybridized carbons (Fsp3) is 0.484. The van der Waals surface area contributed by atoms with E-state index in [0.717, 1.165) is 22.3 Å². The highest BCUT2D eigenvalue weighted by atomic mass is 32.1. The number of hydrogen-bond donors (Lipinski definition) is 4. The summed E-state index contributed by atoms with van der Waals surface area (Å²) in [6, 6.07) is 3.66. The molecule has 3 aliphatic rings. The summed E-state index contributed by atoms with van der Waals surface area (Å²) in [7, 11) is 5.42. The molecule has 3 heterocycles. The van der Waals surface area contributed by atoms with Crippen molar-refractivity contribution in [3.63, 3.8) is 0 Å². The fourth-order valence-corrected chi connectivity index (χ4v) is 7.08. The number of amides is 1. The van der Waals surface area contributed by atoms with Gasteiger partial charge < -0.3 is 40.0 Å². The van der Waals surface area contributed by atoms with Gasteiger partial charge in [-0.15, -0.1) is 12.6 Å². The molecule has 0 fully saturated rings. The third kappa shape index (κ3) is 5.41. The van der Waals surface area contributed by atoms with Crippen molar-refractivity contribution in [2.75, 3.05) is 41.1 Å². The van der Waals surface area contributed by atoms with E-state index in [9.17, 15) is 15.2 Å². The Morgan fingerprint density at radius 1 is 1.37 bits per heavy atom. The van der Waals surface area contributed by atoms with Crippen molar-refractivity contribution in [3.05, 3.63) is 52.6 Å². The van der Waals surface area contributed by atoms with Gasteiger partial charge in [0.05, 0.1) is 42.8 Å². The number of ether oxygens (including phenoxy) is 4. The number of nitrogens with two attached hydrogens (primary N) is 1. The molecule has 2 unspecified atom stereocenters. The molecular formula is C31H39N5O6S. The topological polar surface area (TPSA) is 143 Å². The lowest BCUT2D eigenvalue weighted by Gasteiger charge is -2.49. The molecule has 230 valence electrons. The summed E-state index contributed by atoms with van der Waals surface area (Å²) in [4.78, 5) is 17.6. The third-order valence-electron chi connectivity index (χ3n) is 8.50. The number of phenols is 1. The maximum Gasteiger partial charge on any atom is 0.236 e. The van der Waals surface area contributed by atoms with E-state index in [1.54, 1.807) is 19.1 Å². The Kier molecular flexibility index (Phi) is 9.10. The largest absolute Gasteiger partial charge is 0.504 e. The molecule has 1 amide bonds. The smallest absolute Gasteiger partial charge is 0.236 e. The molecule has 5 rings (SSSR count). The lowest BCUT2D eigenvalue weighted by molar-refractivity contribution is -0.122. The third-order valence-corrected chi connectivity index (χ3v) is 8.97. The van der Waals surface area contributed by atoms with E-state index in [1.165, 1.54) is 7.11 Å². The van der Waals surface area contributed by atoms with Crippen LogP contribution in [0.15, 0.2) is 29.7 Å². The summed E-state index contributed by atoms with van der Waals surface area (Å²) in [5.74, 6) is 1.31. The Morgan fingerprint density at radius 2 is 2.14 bits per heavy atom. The molecule has 4 N–H and O–H groups in total. The summed E-state index contributed by atoms with van der Waals surface area (Å²) in [5, 5.41) is 25.2. The van der Waals surface area contributed by atoms with Crippen molar-refractivity contribution >= 4 is 18.5 Å². The van der Waals surface area contributed by atoms with E-state index in [2.05, 4.69) is 22.9 Å². The minimum Gasteiger partial charge on any atom is -0.504 e. The van der Waals surface area contributed by atoms with E-state index in [1.807, 2.05) is 25.1 Å². The van der Waals surface area contributed by atoms with Crippen LogP contribution < -0.4 is 25.3 Å². The van der Waals surface area contributed by atoms with Gasteiger partial charge in [-0.25, -0.2) is 0 Å². The van der Waals surface area contributed by atoms with E-state index in [-0.39, 0.29) is 50.3 Å². The van der Waals surface area contributed by atoms with Crippen LogP contribution in [0.25, 0.3) is 0 Å². The molecule has 2 aromatic rings. The monoisotopic (exact) mass is 609 g/mol. The molecule has 3 aliphatic heterocycles. The van der Waals surface area contributed by atoms with Crippen LogP contribution in [-0.2, 0) is 29.0 Å². The second-order valence-corrected chi connectivity index (χ2v) is 11.8. The van der Waals surface area contributed by atoms with Crippen molar-refractivity contribution in [2.24, 2.45) is 5.73 Å². The quantitative estimate of drug-likeness (QED) is 0.261. The zero-order valence-corrected chi connectivity index (χ0v) is 25.8. The molecular weight excluding hydrogens is 570 g/mol. The first kappa shape index (κ1) is 31.0. The van der Waals surface area contributed by atoms with E-state index in [4.69, 9.17) is 37.3 Å². The molecule has 0 radical (unpaired) electrons. The minimum absolute atomic E-state index is 0.0498. The summed E-state index contributed by atoms with van der Waals surface area (Å²) in [6.45, 7) is 6.19. The van der Waals surface area contributed by atoms with Gasteiger partial charge in [-0.1, -0.05) is 18.7 Å². The number of likely N-dealkylation sites (N-methyl/N-ethyl adjacent to an activating group) is 1. The van der Waals surface area contributed by atoms with Crippen LogP contribution >= 0.6 is 12.6 Å². The Morgan fingerprint density at radius 3 is 2.79 bits per heavy atom. The van der Waals surface area contributed by atoms with Crippen LogP contribution in [0.3, 0.4) is 0 Å². The molecule has 0 spiro atoms. The van der Waals surface area contributed by atoms with Crippen LogP contribution in [0.2, 0.25) is 0 Å². The normalized spacial score (nSPS) is 23.3. The summed E-state index contributed by atoms with van der Waals surface area (Å²) < 4.78 is 23.6. The van der Waals surface area contributed by atoms with Crippen LogP contribution in [0.5, 0.6) is 23.0 Å². The predicted molar refractivity (Wildman–Crippen MR) is 163 cm³/mol. The Bertz CT molecular complexity index is 1460. The van der Waals surface area contributed by atoms with E-state index < -0.39 is 18.1 Å². The molecule has 2 aromatic carbocycles. The molecule has 11 nitrogen and oxygen atoms in total. The number of carbonyl (C=O) groups is 1. The zero-order valence-electron chi connectivity index (χ0n) is 24.9. The van der Waals surface area contributed by atoms with Gasteiger partial charge in [0, 0.05) is 41.3 Å². The predicted octanol–water partition coefficient (Wildman–Crippen LogP) is 2.60. The number of nitrogens with one attached hydrogen (secondary N) is 1. The van der Waals surface area contributed by atoms with Gasteiger partial charge in [-0.05, 0) is 39.1 Å². The Hall–Kier alpha value is -3.47. The number of nitrogens with zero attached hydrogens (tertiary/aromatic N) is 3. The molecule has 0 aromatic heterocycles. The van der Waals surface area contributed by atoms with E-state index >= 15 is 0 Å². The number of aromatic hydroxyl groups is 1. The second-order valence-electron chi connectivity index (χ2n) is 11.3. The lowest BCUT2D eigenvalue weighted by Crippen LogP contribution is -2.56. The highest BCUT2D eigenvalue weighted by Crippen LogP contribution is 2.54. The Labute approximate surface area is 257 Å². The summed E-state index contributed by atoms with van der Waals surface area (Å²) >= 11 is 4.88. The molecule has 43 heavy (non-hydrogen) atoms. The van der Waals surface area contributed by atoms with Gasteiger partial charge in [0.25, 0.3) is 0 Å². The molecule has 5 atom stereocenters. The van der Waals surface area contributed by atoms with Crippen molar-refractivity contribution in [2.45, 2.75) is 61.5 Å². The van der Waals surface area contributed by atoms with Crippen LogP contribution in [-0.4, -0.2) is 80.1 Å². The van der Waals surface area contributed by atoms with Gasteiger partial charge in [-0.2, -0.15) is 5.26 Å². The first-order valence-corrected chi connectivity index (χ1v) is 14.7. The number of phenolic OH excluding ortho intramolecular Hbond substituents is 1. The lowest BCUT2D eigenvalue weighted by atomic mass is 9.80. The van der Waals surface area contributed by atoms with Crippen molar-refractivity contribution in [1.29, 1.82) is 5.26 Å². The minimum atomic E-state index is -0.720. The Balaban J connectivity index is 1.80. The number of rotatable bonds is 8. The standard InChI is InChI=1S/C31H39N5O6S/c1-6-9-41-29-19-11-21-26(35(3)4)24-17(7-8-23(39-5)27(24)37)10-18(12-32)36(21)22(13-34-31(38)16(2)33)25(19)28-20(30(29)43)14-40-15-42-28/h6-8,16,18,21-22,26,37,43H,1,9-11,13-15,33H2,2-5H3,(H,34,38)/t16-,18?,21?,22-,26-/m0/s1. The first-order valence-electron chi connectivity index (χ1n) is 14.2. The fourth-order valence-electron chi connectivity index (χ4n) is 6.71. The van der Waals surface area contributed by atoms with Crippen LogP contribution in [0.1, 0.15) is 46.8 Å². The number of fused-ring (bicyclic) bond motifs is 5. The number of benzene rings is 2. The average molecular weight is 610 g/mol. The number of carbonyl (C=O) groups excluding carboxylic acids is 1. The van der Waals surface area contributed by atoms with Crippen LogP contribution in [0, 0.1) is 11.3 Å². The summed E-state index contributed by atoms with van der Waals surface area (Å²) in [6.07, 6.45) is 2.47. The van der Waals surface area contributed by atoms with Crippen molar-refractivity contribution < 1.29 is 28.8 Å². The van der Waals surface area contributed by atoms with E-state index in [0.29, 0.717) is 40.5 Å². The highest BCUT2D eigenvalue weighted by Gasteiger charge is 2.50. The summed E-state index contributed by atoms with van der Waals surface area (Å²) in [5.41, 5.74) is 9.91. The molecule has 0 bridgehead atoms. The van der Waals surface area contributed by atoms with Gasteiger partial charge in [-0.3, -0.25) is 9.69 Å². The first-order chi connectivity index (χ1) is 20.6. The van der Waals surface area contributed by atoms with Gasteiger partial charge >= 0.3 is 0 Å². The molecule has 0 saturated heterocycles. The van der Waals surface area contributed by atoms with Gasteiger partial charge in [0.1, 0.15) is 24.1 Å². The zero-order chi connectivity index (χ0) is 31.0. The second kappa shape index (κ2) is 12.6. The highest BCUT2D eigenvalue weighted by molar-refractivity contribution is 7.80. The maximum atomic E-state index is 12.8. The van der Waals surface area contributed by atoms with Crippen molar-refractivity contribution in [3.8, 4) is 29.1 Å². The van der Waals surface area contributed by atoms with Gasteiger partial charge in [0.2, 0.25) is 5.91 Å². The molecule has 0 aliphatic carbocycles. The average Bonchev–Trinajstić information content (AvgIpc) is 3.14. The van der Waals surface area contributed by atoms with Crippen LogP contribution in [0.4, 0.5) is 0 Å². The number of hydrogen-bond acceptors (Lipinski definition) is 11. The molecule has 0 saturated carbocycles. The van der Waals surface area contributed by atoms with Gasteiger partial charge in [0.15, 0.2) is 18.3 Å². The maximum absolute atomic E-state index is 12.8. The SMILES string of the molecule is C=CCOc1c(S)c2c(c3c1CC1[C@H](N(C)C)c4c(ccc(OC)c4O)CC(C#N)N1[C@H]3CNC(=O)[C@H](C)N)OCOC2. The number of thiol groups is 1.